The Bertz CT molecular complexity index is 1330. The second-order valence-corrected chi connectivity index (χ2v) is 6.91. The van der Waals surface area contributed by atoms with E-state index in [9.17, 15) is 22.8 Å². The van der Waals surface area contributed by atoms with Crippen LogP contribution in [0.5, 0.6) is 0 Å². The van der Waals surface area contributed by atoms with Crippen LogP contribution in [0.25, 0.3) is 11.4 Å². The lowest BCUT2D eigenvalue weighted by Crippen LogP contribution is -2.27. The van der Waals surface area contributed by atoms with Gasteiger partial charge in [-0.15, -0.1) is 0 Å². The van der Waals surface area contributed by atoms with Gasteiger partial charge in [0.2, 0.25) is 5.43 Å². The first-order chi connectivity index (χ1) is 15.2. The highest BCUT2D eigenvalue weighted by atomic mass is 19.4. The third-order valence-electron chi connectivity index (χ3n) is 4.63. The molecule has 0 aliphatic carbocycles. The first-order valence-electron chi connectivity index (χ1n) is 9.42. The Morgan fingerprint density at radius 1 is 1.00 bits per heavy atom. The first kappa shape index (κ1) is 21.0. The Morgan fingerprint density at radius 2 is 1.75 bits per heavy atom. The number of hydrogen-bond acceptors (Lipinski definition) is 4. The number of halogens is 3. The van der Waals surface area contributed by atoms with E-state index in [-0.39, 0.29) is 11.4 Å². The number of rotatable bonds is 4. The van der Waals surface area contributed by atoms with E-state index in [2.05, 4.69) is 15.5 Å². The Labute approximate surface area is 179 Å². The zero-order valence-corrected chi connectivity index (χ0v) is 16.7. The molecule has 32 heavy (non-hydrogen) atoms. The minimum atomic E-state index is -4.54. The van der Waals surface area contributed by atoms with Crippen molar-refractivity contribution < 1.29 is 18.0 Å². The van der Waals surface area contributed by atoms with Crippen LogP contribution in [0.15, 0.2) is 77.9 Å². The molecular formula is C22H16F3N5O2. The molecule has 4 rings (SSSR count). The highest BCUT2D eigenvalue weighted by molar-refractivity contribution is 6.02. The van der Waals surface area contributed by atoms with Gasteiger partial charge in [-0.25, -0.2) is 9.36 Å². The van der Waals surface area contributed by atoms with Crippen molar-refractivity contribution in [3.63, 3.8) is 0 Å². The molecule has 4 aromatic rings. The van der Waals surface area contributed by atoms with E-state index in [1.165, 1.54) is 19.1 Å². The number of carbonyl (C=O) groups excluding carboxylic acids is 1. The highest BCUT2D eigenvalue weighted by Gasteiger charge is 2.30. The van der Waals surface area contributed by atoms with E-state index in [1.54, 1.807) is 47.4 Å². The van der Waals surface area contributed by atoms with Gasteiger partial charge in [-0.2, -0.15) is 23.4 Å². The molecule has 0 saturated carbocycles. The largest absolute Gasteiger partial charge is 0.416 e. The maximum atomic E-state index is 13.1. The monoisotopic (exact) mass is 439 g/mol. The number of nitrogens with one attached hydrogen (secondary N) is 1. The van der Waals surface area contributed by atoms with Gasteiger partial charge < -0.3 is 5.32 Å². The number of carbonyl (C=O) groups is 1. The third-order valence-corrected chi connectivity index (χ3v) is 4.63. The SMILES string of the molecule is Cc1cc(=O)c(C(=O)Nc2ccc(-n3cccn3)cc2)nn1-c1cccc(C(F)(F)F)c1. The molecule has 1 N–H and O–H groups in total. The molecule has 2 heterocycles. The molecule has 0 aliphatic rings. The summed E-state index contributed by atoms with van der Waals surface area (Å²) in [7, 11) is 0. The van der Waals surface area contributed by atoms with E-state index >= 15 is 0 Å². The summed E-state index contributed by atoms with van der Waals surface area (Å²) in [4.78, 5) is 25.0. The van der Waals surface area contributed by atoms with Gasteiger partial charge in [-0.3, -0.25) is 9.59 Å². The molecule has 0 radical (unpaired) electrons. The summed E-state index contributed by atoms with van der Waals surface area (Å²) in [5, 5.41) is 10.7. The smallest absolute Gasteiger partial charge is 0.320 e. The van der Waals surface area contributed by atoms with Gasteiger partial charge in [0.05, 0.1) is 16.9 Å². The van der Waals surface area contributed by atoms with Crippen molar-refractivity contribution in [3.05, 3.63) is 100 Å². The molecule has 7 nitrogen and oxygen atoms in total. The van der Waals surface area contributed by atoms with Crippen molar-refractivity contribution in [3.8, 4) is 11.4 Å². The Hall–Kier alpha value is -4.21. The van der Waals surface area contributed by atoms with Crippen LogP contribution >= 0.6 is 0 Å². The molecular weight excluding hydrogens is 423 g/mol. The van der Waals surface area contributed by atoms with E-state index in [4.69, 9.17) is 0 Å². The van der Waals surface area contributed by atoms with Crippen LogP contribution < -0.4 is 10.7 Å². The molecule has 1 amide bonds. The van der Waals surface area contributed by atoms with Gasteiger partial charge in [0.15, 0.2) is 5.69 Å². The van der Waals surface area contributed by atoms with E-state index in [0.717, 1.165) is 28.6 Å². The quantitative estimate of drug-likeness (QED) is 0.521. The van der Waals surface area contributed by atoms with Gasteiger partial charge in [0.1, 0.15) is 0 Å². The average Bonchev–Trinajstić information content (AvgIpc) is 3.29. The third kappa shape index (κ3) is 4.29. The molecule has 0 bridgehead atoms. The maximum absolute atomic E-state index is 13.1. The Balaban J connectivity index is 1.63. The van der Waals surface area contributed by atoms with Gasteiger partial charge >= 0.3 is 6.18 Å². The number of hydrogen-bond donors (Lipinski definition) is 1. The number of alkyl halides is 3. The molecule has 0 atom stereocenters. The van der Waals surface area contributed by atoms with Crippen LogP contribution in [0.4, 0.5) is 18.9 Å². The zero-order chi connectivity index (χ0) is 22.9. The second-order valence-electron chi connectivity index (χ2n) is 6.91. The average molecular weight is 439 g/mol. The maximum Gasteiger partial charge on any atom is 0.416 e. The van der Waals surface area contributed by atoms with Gasteiger partial charge in [-0.1, -0.05) is 6.07 Å². The number of amides is 1. The summed E-state index contributed by atoms with van der Waals surface area (Å²) >= 11 is 0. The van der Waals surface area contributed by atoms with Crippen LogP contribution in [-0.2, 0) is 6.18 Å². The summed E-state index contributed by atoms with van der Waals surface area (Å²) in [6.07, 6.45) is -1.14. The molecule has 0 spiro atoms. The predicted molar refractivity (Wildman–Crippen MR) is 111 cm³/mol. The summed E-state index contributed by atoms with van der Waals surface area (Å²) in [6.45, 7) is 1.52. The molecule has 162 valence electrons. The molecule has 2 aromatic carbocycles. The number of aryl methyl sites for hydroxylation is 1. The molecule has 0 unspecified atom stereocenters. The Morgan fingerprint density at radius 3 is 2.41 bits per heavy atom. The van der Waals surface area contributed by atoms with Crippen LogP contribution in [0, 0.1) is 6.92 Å². The number of nitrogens with zero attached hydrogens (tertiary/aromatic N) is 4. The molecule has 10 heteroatoms. The lowest BCUT2D eigenvalue weighted by atomic mass is 10.2. The van der Waals surface area contributed by atoms with Crippen LogP contribution in [0.2, 0.25) is 0 Å². The molecule has 0 saturated heterocycles. The first-order valence-corrected chi connectivity index (χ1v) is 9.42. The summed E-state index contributed by atoms with van der Waals surface area (Å²) < 4.78 is 42.0. The lowest BCUT2D eigenvalue weighted by molar-refractivity contribution is -0.137. The van der Waals surface area contributed by atoms with E-state index in [0.29, 0.717) is 5.69 Å². The van der Waals surface area contributed by atoms with Crippen molar-refractivity contribution in [1.29, 1.82) is 0 Å². The highest BCUT2D eigenvalue weighted by Crippen LogP contribution is 2.30. The standard InChI is InChI=1S/C22H16F3N5O2/c1-14-12-19(31)20(28-30(14)18-5-2-4-15(13-18)22(23,24)25)21(32)27-16-6-8-17(9-7-16)29-11-3-10-26-29/h2-13H,1H3,(H,27,32). The summed E-state index contributed by atoms with van der Waals surface area (Å²) in [5.41, 5.74) is -0.394. The van der Waals surface area contributed by atoms with Crippen molar-refractivity contribution in [1.82, 2.24) is 19.6 Å². The van der Waals surface area contributed by atoms with E-state index in [1.807, 2.05) is 0 Å². The number of benzene rings is 2. The molecule has 0 aliphatic heterocycles. The fourth-order valence-electron chi connectivity index (χ4n) is 3.09. The normalized spacial score (nSPS) is 11.4. The minimum absolute atomic E-state index is 0.0787. The summed E-state index contributed by atoms with van der Waals surface area (Å²) in [6, 6.07) is 14.1. The number of aromatic nitrogens is 4. The van der Waals surface area contributed by atoms with Gasteiger partial charge in [0.25, 0.3) is 5.91 Å². The Kier molecular flexibility index (Phi) is 5.35. The van der Waals surface area contributed by atoms with Gasteiger partial charge in [0, 0.05) is 29.8 Å². The molecule has 0 fully saturated rings. The van der Waals surface area contributed by atoms with E-state index < -0.39 is 28.8 Å². The van der Waals surface area contributed by atoms with Crippen molar-refractivity contribution >= 4 is 11.6 Å². The second kappa shape index (κ2) is 8.14. The fourth-order valence-corrected chi connectivity index (χ4v) is 3.09. The van der Waals surface area contributed by atoms with Crippen molar-refractivity contribution in [2.45, 2.75) is 13.1 Å². The minimum Gasteiger partial charge on any atom is -0.320 e. The van der Waals surface area contributed by atoms with Gasteiger partial charge in [-0.05, 0) is 55.5 Å². The lowest BCUT2D eigenvalue weighted by Gasteiger charge is -2.13. The zero-order valence-electron chi connectivity index (χ0n) is 16.7. The van der Waals surface area contributed by atoms with Crippen molar-refractivity contribution in [2.75, 3.05) is 5.32 Å². The van der Waals surface area contributed by atoms with Crippen molar-refractivity contribution in [2.24, 2.45) is 0 Å². The fraction of sp³-hybridized carbons (Fsp3) is 0.0909. The van der Waals surface area contributed by atoms with Crippen LogP contribution in [0.1, 0.15) is 21.7 Å². The van der Waals surface area contributed by atoms with Crippen LogP contribution in [0.3, 0.4) is 0 Å². The van der Waals surface area contributed by atoms with Crippen LogP contribution in [-0.4, -0.2) is 25.5 Å². The number of anilines is 1. The summed E-state index contributed by atoms with van der Waals surface area (Å²) in [5.74, 6) is -0.775. The topological polar surface area (TPSA) is 81.8 Å². The molecule has 2 aromatic heterocycles. The predicted octanol–water partition coefficient (Wildman–Crippen LogP) is 4.00.